The molecule has 4 aliphatic carbocycles. The highest BCUT2D eigenvalue weighted by Crippen LogP contribution is 2.68. The number of aliphatic hydroxyl groups is 1. The summed E-state index contributed by atoms with van der Waals surface area (Å²) in [5.74, 6) is 6.49. The van der Waals surface area contributed by atoms with E-state index >= 15 is 0 Å². The first-order valence-electron chi connectivity index (χ1n) is 12.9. The standard InChI is InChI=1S/C27H48O/c1-18(2)7-6-8-19(3)23-11-12-24-22-10-9-20-17-21(28)13-15-26(20,4)25(22)14-16-27(23,24)5/h18-25,28H,6-17H2,1-5H3/t19-,20-,21-,22?,23?,24?,25?,26+,27-/m1/s1. The van der Waals surface area contributed by atoms with Gasteiger partial charge in [-0.1, -0.05) is 53.9 Å². The van der Waals surface area contributed by atoms with Gasteiger partial charge in [-0.3, -0.25) is 0 Å². The van der Waals surface area contributed by atoms with Crippen molar-refractivity contribution in [1.82, 2.24) is 0 Å². The van der Waals surface area contributed by atoms with Gasteiger partial charge in [0.15, 0.2) is 0 Å². The molecule has 4 aliphatic rings. The van der Waals surface area contributed by atoms with E-state index in [-0.39, 0.29) is 6.10 Å². The summed E-state index contributed by atoms with van der Waals surface area (Å²) in [4.78, 5) is 0. The lowest BCUT2D eigenvalue weighted by molar-refractivity contribution is -0.129. The Hall–Kier alpha value is -0.0400. The summed E-state index contributed by atoms with van der Waals surface area (Å²) in [5, 5.41) is 10.3. The minimum Gasteiger partial charge on any atom is -0.393 e. The number of rotatable bonds is 5. The molecule has 162 valence electrons. The van der Waals surface area contributed by atoms with E-state index in [2.05, 4.69) is 34.6 Å². The molecule has 4 fully saturated rings. The molecule has 0 aromatic carbocycles. The molecule has 0 aliphatic heterocycles. The Morgan fingerprint density at radius 2 is 1.54 bits per heavy atom. The maximum atomic E-state index is 10.3. The fourth-order valence-electron chi connectivity index (χ4n) is 9.26. The fourth-order valence-corrected chi connectivity index (χ4v) is 9.26. The van der Waals surface area contributed by atoms with E-state index in [1.807, 2.05) is 0 Å². The van der Waals surface area contributed by atoms with Crippen molar-refractivity contribution in [2.45, 2.75) is 118 Å². The highest BCUT2D eigenvalue weighted by Gasteiger charge is 2.60. The highest BCUT2D eigenvalue weighted by molar-refractivity contribution is 5.09. The molecule has 1 N–H and O–H groups in total. The van der Waals surface area contributed by atoms with Crippen LogP contribution in [0.15, 0.2) is 0 Å². The lowest BCUT2D eigenvalue weighted by Crippen LogP contribution is -2.54. The Balaban J connectivity index is 1.46. The normalized spacial score (nSPS) is 49.4. The fraction of sp³-hybridized carbons (Fsp3) is 1.00. The van der Waals surface area contributed by atoms with E-state index < -0.39 is 0 Å². The van der Waals surface area contributed by atoms with Crippen molar-refractivity contribution in [1.29, 1.82) is 0 Å². The van der Waals surface area contributed by atoms with Gasteiger partial charge < -0.3 is 5.11 Å². The third-order valence-electron chi connectivity index (χ3n) is 10.8. The van der Waals surface area contributed by atoms with Crippen LogP contribution in [-0.4, -0.2) is 11.2 Å². The molecular weight excluding hydrogens is 340 g/mol. The molecule has 1 heteroatoms. The van der Waals surface area contributed by atoms with Crippen molar-refractivity contribution >= 4 is 0 Å². The third-order valence-corrected chi connectivity index (χ3v) is 10.8. The van der Waals surface area contributed by atoms with Gasteiger partial charge in [0.1, 0.15) is 0 Å². The monoisotopic (exact) mass is 388 g/mol. The van der Waals surface area contributed by atoms with Gasteiger partial charge in [0.05, 0.1) is 6.10 Å². The molecule has 0 aromatic rings. The molecule has 0 spiro atoms. The lowest BCUT2D eigenvalue weighted by atomic mass is 9.44. The van der Waals surface area contributed by atoms with E-state index in [9.17, 15) is 5.11 Å². The summed E-state index contributed by atoms with van der Waals surface area (Å²) >= 11 is 0. The van der Waals surface area contributed by atoms with Crippen LogP contribution in [0.1, 0.15) is 112 Å². The van der Waals surface area contributed by atoms with Crippen molar-refractivity contribution in [3.05, 3.63) is 0 Å². The first kappa shape index (κ1) is 21.2. The summed E-state index contributed by atoms with van der Waals surface area (Å²) in [7, 11) is 0. The Bertz CT molecular complexity index is 540. The van der Waals surface area contributed by atoms with Crippen LogP contribution in [0.25, 0.3) is 0 Å². The van der Waals surface area contributed by atoms with Gasteiger partial charge in [0, 0.05) is 0 Å². The topological polar surface area (TPSA) is 20.2 Å². The van der Waals surface area contributed by atoms with Crippen molar-refractivity contribution < 1.29 is 5.11 Å². The predicted octanol–water partition coefficient (Wildman–Crippen LogP) is 7.47. The van der Waals surface area contributed by atoms with Crippen LogP contribution in [0.2, 0.25) is 0 Å². The van der Waals surface area contributed by atoms with Crippen molar-refractivity contribution in [3.63, 3.8) is 0 Å². The second kappa shape index (κ2) is 7.90. The van der Waals surface area contributed by atoms with Gasteiger partial charge in [0.25, 0.3) is 0 Å². The zero-order valence-corrected chi connectivity index (χ0v) is 19.6. The SMILES string of the molecule is CC(C)CCC[C@@H](C)C1CCC2C3CC[C@@H]4C[C@H](O)CC[C@]4(C)C3CC[C@@]21C. The lowest BCUT2D eigenvalue weighted by Gasteiger charge is -2.61. The summed E-state index contributed by atoms with van der Waals surface area (Å²) in [6.07, 6.45) is 16.6. The van der Waals surface area contributed by atoms with E-state index in [4.69, 9.17) is 0 Å². The molecule has 4 rings (SSSR count). The Kier molecular flexibility index (Phi) is 5.98. The summed E-state index contributed by atoms with van der Waals surface area (Å²) in [6.45, 7) is 12.7. The largest absolute Gasteiger partial charge is 0.393 e. The molecule has 28 heavy (non-hydrogen) atoms. The van der Waals surface area contributed by atoms with E-state index in [1.54, 1.807) is 0 Å². The van der Waals surface area contributed by atoms with Crippen molar-refractivity contribution in [3.8, 4) is 0 Å². The quantitative estimate of drug-likeness (QED) is 0.518. The average Bonchev–Trinajstić information content (AvgIpc) is 2.99. The number of hydrogen-bond donors (Lipinski definition) is 1. The van der Waals surface area contributed by atoms with E-state index in [1.165, 1.54) is 64.2 Å². The van der Waals surface area contributed by atoms with Crippen LogP contribution in [0, 0.1) is 52.3 Å². The second-order valence-electron chi connectivity index (χ2n) is 12.6. The third kappa shape index (κ3) is 3.50. The minimum absolute atomic E-state index is 0.00830. The van der Waals surface area contributed by atoms with Crippen LogP contribution >= 0.6 is 0 Å². The number of aliphatic hydroxyl groups excluding tert-OH is 1. The van der Waals surface area contributed by atoms with E-state index in [0.717, 1.165) is 54.3 Å². The zero-order valence-electron chi connectivity index (χ0n) is 19.6. The first-order valence-corrected chi connectivity index (χ1v) is 12.9. The van der Waals surface area contributed by atoms with Crippen LogP contribution in [0.3, 0.4) is 0 Å². The maximum absolute atomic E-state index is 10.3. The van der Waals surface area contributed by atoms with E-state index in [0.29, 0.717) is 10.8 Å². The van der Waals surface area contributed by atoms with Crippen molar-refractivity contribution in [2.75, 3.05) is 0 Å². The second-order valence-corrected chi connectivity index (χ2v) is 12.6. The molecule has 4 saturated carbocycles. The molecule has 0 aromatic heterocycles. The summed E-state index contributed by atoms with van der Waals surface area (Å²) in [6, 6.07) is 0. The summed E-state index contributed by atoms with van der Waals surface area (Å²) in [5.41, 5.74) is 1.15. The van der Waals surface area contributed by atoms with Gasteiger partial charge in [0.2, 0.25) is 0 Å². The Morgan fingerprint density at radius 1 is 0.821 bits per heavy atom. The number of hydrogen-bond acceptors (Lipinski definition) is 1. The minimum atomic E-state index is -0.00830. The highest BCUT2D eigenvalue weighted by atomic mass is 16.3. The predicted molar refractivity (Wildman–Crippen MR) is 119 cm³/mol. The molecule has 0 amide bonds. The number of fused-ring (bicyclic) bond motifs is 5. The zero-order chi connectivity index (χ0) is 20.1. The van der Waals surface area contributed by atoms with Gasteiger partial charge in [-0.15, -0.1) is 0 Å². The van der Waals surface area contributed by atoms with Crippen LogP contribution in [0.5, 0.6) is 0 Å². The molecule has 1 nitrogen and oxygen atoms in total. The molecular formula is C27H48O. The Labute approximate surface area is 175 Å². The van der Waals surface area contributed by atoms with Crippen LogP contribution < -0.4 is 0 Å². The molecule has 0 radical (unpaired) electrons. The molecule has 4 unspecified atom stereocenters. The van der Waals surface area contributed by atoms with Gasteiger partial charge in [-0.2, -0.15) is 0 Å². The molecule has 0 saturated heterocycles. The molecule has 9 atom stereocenters. The van der Waals surface area contributed by atoms with Gasteiger partial charge in [-0.05, 0) is 110 Å². The summed E-state index contributed by atoms with van der Waals surface area (Å²) < 4.78 is 0. The average molecular weight is 389 g/mol. The first-order chi connectivity index (χ1) is 13.3. The molecule has 0 heterocycles. The van der Waals surface area contributed by atoms with Gasteiger partial charge in [-0.25, -0.2) is 0 Å². The van der Waals surface area contributed by atoms with Crippen LogP contribution in [-0.2, 0) is 0 Å². The van der Waals surface area contributed by atoms with Gasteiger partial charge >= 0.3 is 0 Å². The van der Waals surface area contributed by atoms with Crippen LogP contribution in [0.4, 0.5) is 0 Å². The Morgan fingerprint density at radius 3 is 2.29 bits per heavy atom. The smallest absolute Gasteiger partial charge is 0.0543 e. The van der Waals surface area contributed by atoms with Crippen molar-refractivity contribution in [2.24, 2.45) is 52.3 Å². The maximum Gasteiger partial charge on any atom is 0.0543 e. The molecule has 0 bridgehead atoms.